The molecule has 0 radical (unpaired) electrons. The summed E-state index contributed by atoms with van der Waals surface area (Å²) in [6.45, 7) is 4.08. The van der Waals surface area contributed by atoms with Gasteiger partial charge in [-0.1, -0.05) is 0 Å². The maximum Gasteiger partial charge on any atom is 0.277 e. The highest BCUT2D eigenvalue weighted by atomic mass is 35.5. The van der Waals surface area contributed by atoms with E-state index in [4.69, 9.17) is 0 Å². The number of hydrogen-bond donors (Lipinski definition) is 3. The first kappa shape index (κ1) is 19.3. The van der Waals surface area contributed by atoms with E-state index in [1.807, 2.05) is 17.1 Å². The lowest BCUT2D eigenvalue weighted by atomic mass is 9.97. The Morgan fingerprint density at radius 2 is 2.08 bits per heavy atom. The van der Waals surface area contributed by atoms with Crippen LogP contribution in [0.4, 0.5) is 5.13 Å². The van der Waals surface area contributed by atoms with E-state index < -0.39 is 0 Å². The average Bonchev–Trinajstić information content (AvgIpc) is 3.33. The van der Waals surface area contributed by atoms with Crippen molar-refractivity contribution in [2.45, 2.75) is 37.6 Å². The summed E-state index contributed by atoms with van der Waals surface area (Å²) < 4.78 is 1.91. The Labute approximate surface area is 163 Å². The van der Waals surface area contributed by atoms with Crippen molar-refractivity contribution in [3.63, 3.8) is 0 Å². The SMILES string of the molecule is Cl.O=C(Nc1ncc(C2CCNCC2)s1)c1ccn(C2CCCNC2)n1. The predicted molar refractivity (Wildman–Crippen MR) is 106 cm³/mol. The van der Waals surface area contributed by atoms with E-state index in [1.54, 1.807) is 17.4 Å². The van der Waals surface area contributed by atoms with Gasteiger partial charge in [0.15, 0.2) is 10.8 Å². The van der Waals surface area contributed by atoms with Gasteiger partial charge in [-0.25, -0.2) is 4.98 Å². The first-order valence-electron chi connectivity index (χ1n) is 9.03. The predicted octanol–water partition coefficient (Wildman–Crippen LogP) is 2.41. The number of thiazole rings is 1. The minimum Gasteiger partial charge on any atom is -0.317 e. The van der Waals surface area contributed by atoms with E-state index in [0.29, 0.717) is 22.8 Å². The Morgan fingerprint density at radius 1 is 1.23 bits per heavy atom. The second-order valence-electron chi connectivity index (χ2n) is 6.73. The molecule has 0 saturated carbocycles. The summed E-state index contributed by atoms with van der Waals surface area (Å²) in [5.41, 5.74) is 0.448. The van der Waals surface area contributed by atoms with Gasteiger partial charge in [0.05, 0.1) is 6.04 Å². The van der Waals surface area contributed by atoms with Crippen molar-refractivity contribution in [3.8, 4) is 0 Å². The second-order valence-corrected chi connectivity index (χ2v) is 7.79. The molecule has 4 heterocycles. The molecule has 0 bridgehead atoms. The Balaban J connectivity index is 0.00000196. The van der Waals surface area contributed by atoms with Gasteiger partial charge in [0.25, 0.3) is 5.91 Å². The van der Waals surface area contributed by atoms with Crippen molar-refractivity contribution in [2.75, 3.05) is 31.5 Å². The molecule has 1 atom stereocenters. The zero-order valence-corrected chi connectivity index (χ0v) is 16.2. The number of carbonyl (C=O) groups excluding carboxylic acids is 1. The van der Waals surface area contributed by atoms with E-state index in [-0.39, 0.29) is 18.3 Å². The molecule has 2 fully saturated rings. The molecule has 2 aliphatic heterocycles. The van der Waals surface area contributed by atoms with E-state index in [2.05, 4.69) is 26.0 Å². The summed E-state index contributed by atoms with van der Waals surface area (Å²) in [6, 6.07) is 2.12. The van der Waals surface area contributed by atoms with Crippen molar-refractivity contribution in [2.24, 2.45) is 0 Å². The van der Waals surface area contributed by atoms with Gasteiger partial charge in [0.2, 0.25) is 0 Å². The summed E-state index contributed by atoms with van der Waals surface area (Å²) in [6.07, 6.45) is 8.31. The van der Waals surface area contributed by atoms with E-state index >= 15 is 0 Å². The van der Waals surface area contributed by atoms with Gasteiger partial charge in [-0.15, -0.1) is 23.7 Å². The van der Waals surface area contributed by atoms with Crippen molar-refractivity contribution >= 4 is 34.8 Å². The van der Waals surface area contributed by atoms with Crippen LogP contribution in [-0.4, -0.2) is 46.9 Å². The van der Waals surface area contributed by atoms with Gasteiger partial charge in [0.1, 0.15) is 0 Å². The van der Waals surface area contributed by atoms with Crippen LogP contribution in [0.2, 0.25) is 0 Å². The molecule has 3 N–H and O–H groups in total. The van der Waals surface area contributed by atoms with Crippen molar-refractivity contribution in [1.82, 2.24) is 25.4 Å². The molecule has 0 spiro atoms. The Hall–Kier alpha value is -1.48. The van der Waals surface area contributed by atoms with Crippen LogP contribution in [0.1, 0.15) is 53.0 Å². The summed E-state index contributed by atoms with van der Waals surface area (Å²) in [5.74, 6) is 0.371. The number of anilines is 1. The molecule has 2 saturated heterocycles. The number of hydrogen-bond acceptors (Lipinski definition) is 6. The molecule has 7 nitrogen and oxygen atoms in total. The third-order valence-electron chi connectivity index (χ3n) is 4.97. The number of rotatable bonds is 4. The lowest BCUT2D eigenvalue weighted by molar-refractivity contribution is 0.102. The third kappa shape index (κ3) is 4.43. The molecule has 1 unspecified atom stereocenters. The fourth-order valence-corrected chi connectivity index (χ4v) is 4.50. The number of halogens is 1. The first-order valence-corrected chi connectivity index (χ1v) is 9.85. The summed E-state index contributed by atoms with van der Waals surface area (Å²) in [5, 5.41) is 14.8. The summed E-state index contributed by atoms with van der Waals surface area (Å²) >= 11 is 1.58. The van der Waals surface area contributed by atoms with Gasteiger partial charge >= 0.3 is 0 Å². The van der Waals surface area contributed by atoms with E-state index in [1.165, 1.54) is 4.88 Å². The molecule has 4 rings (SSSR count). The number of aromatic nitrogens is 3. The van der Waals surface area contributed by atoms with Crippen LogP contribution in [0.15, 0.2) is 18.5 Å². The number of nitrogens with one attached hydrogen (secondary N) is 3. The molecule has 142 valence electrons. The normalized spacial score (nSPS) is 21.2. The second kappa shape index (κ2) is 8.94. The fraction of sp³-hybridized carbons (Fsp3) is 0.588. The van der Waals surface area contributed by atoms with Crippen molar-refractivity contribution < 1.29 is 4.79 Å². The van der Waals surface area contributed by atoms with E-state index in [9.17, 15) is 4.79 Å². The van der Waals surface area contributed by atoms with Crippen molar-refractivity contribution in [3.05, 3.63) is 29.0 Å². The van der Waals surface area contributed by atoms with E-state index in [0.717, 1.165) is 51.9 Å². The van der Waals surface area contributed by atoms with Gasteiger partial charge in [-0.3, -0.25) is 14.8 Å². The topological polar surface area (TPSA) is 83.9 Å². The average molecular weight is 397 g/mol. The monoisotopic (exact) mass is 396 g/mol. The number of nitrogens with zero attached hydrogens (tertiary/aromatic N) is 3. The van der Waals surface area contributed by atoms with Crippen LogP contribution in [0.25, 0.3) is 0 Å². The highest BCUT2D eigenvalue weighted by molar-refractivity contribution is 7.15. The zero-order valence-electron chi connectivity index (χ0n) is 14.6. The van der Waals surface area contributed by atoms with Gasteiger partial charge in [-0.2, -0.15) is 5.10 Å². The van der Waals surface area contributed by atoms with Gasteiger partial charge in [0, 0.05) is 23.8 Å². The minimum atomic E-state index is -0.186. The molecule has 2 aliphatic rings. The van der Waals surface area contributed by atoms with Crippen LogP contribution in [0.5, 0.6) is 0 Å². The number of amides is 1. The quantitative estimate of drug-likeness (QED) is 0.739. The number of piperidine rings is 2. The molecule has 2 aromatic rings. The van der Waals surface area contributed by atoms with Crippen molar-refractivity contribution in [1.29, 1.82) is 0 Å². The number of carbonyl (C=O) groups is 1. The van der Waals surface area contributed by atoms with Gasteiger partial charge < -0.3 is 10.6 Å². The minimum absolute atomic E-state index is 0. The molecule has 0 aliphatic carbocycles. The van der Waals surface area contributed by atoms with Crippen LogP contribution in [0, 0.1) is 0 Å². The largest absolute Gasteiger partial charge is 0.317 e. The Bertz CT molecular complexity index is 720. The molecular formula is C17H25ClN6OS. The summed E-state index contributed by atoms with van der Waals surface area (Å²) in [4.78, 5) is 18.1. The molecule has 26 heavy (non-hydrogen) atoms. The maximum absolute atomic E-state index is 12.4. The maximum atomic E-state index is 12.4. The zero-order chi connectivity index (χ0) is 17.1. The third-order valence-corrected chi connectivity index (χ3v) is 6.05. The molecule has 2 aromatic heterocycles. The van der Waals surface area contributed by atoms with Gasteiger partial charge in [-0.05, 0) is 57.3 Å². The molecule has 0 aromatic carbocycles. The molecule has 9 heteroatoms. The lowest BCUT2D eigenvalue weighted by Crippen LogP contribution is -2.32. The van der Waals surface area contributed by atoms with Crippen LogP contribution in [0.3, 0.4) is 0 Å². The van der Waals surface area contributed by atoms with Crippen LogP contribution in [-0.2, 0) is 0 Å². The highest BCUT2D eigenvalue weighted by Crippen LogP contribution is 2.31. The van der Waals surface area contributed by atoms with Crippen LogP contribution < -0.4 is 16.0 Å². The smallest absolute Gasteiger partial charge is 0.277 e. The lowest BCUT2D eigenvalue weighted by Gasteiger charge is -2.22. The summed E-state index contributed by atoms with van der Waals surface area (Å²) in [7, 11) is 0. The molecular weight excluding hydrogens is 372 g/mol. The first-order chi connectivity index (χ1) is 12.3. The standard InChI is InChI=1S/C17H24N6OS.ClH/c24-16(14-5-9-23(22-14)13-2-1-6-19-10-13)21-17-20-11-15(25-17)12-3-7-18-8-4-12;/h5,9,11-13,18-19H,1-4,6-8,10H2,(H,20,21,24);1H. The Kier molecular flexibility index (Phi) is 6.63. The Morgan fingerprint density at radius 3 is 2.85 bits per heavy atom. The fourth-order valence-electron chi connectivity index (χ4n) is 3.52. The van der Waals surface area contributed by atoms with Crippen LogP contribution >= 0.6 is 23.7 Å². The highest BCUT2D eigenvalue weighted by Gasteiger charge is 2.20. The molecule has 1 amide bonds.